The smallest absolute Gasteiger partial charge is 0.226 e. The van der Waals surface area contributed by atoms with Crippen molar-refractivity contribution in [1.82, 2.24) is 4.98 Å². The van der Waals surface area contributed by atoms with E-state index in [4.69, 9.17) is 4.74 Å². The SMILES string of the molecule is CCCCC(=O)Nc1nc(-c2ccc(N3CCOCC3)cc2)cs1. The molecule has 1 aromatic carbocycles. The minimum absolute atomic E-state index is 0.0421. The number of nitrogens with zero attached hydrogens (tertiary/aromatic N) is 2. The first-order valence-electron chi connectivity index (χ1n) is 8.45. The molecule has 0 bridgehead atoms. The van der Waals surface area contributed by atoms with Crippen LogP contribution >= 0.6 is 11.3 Å². The number of aromatic nitrogens is 1. The summed E-state index contributed by atoms with van der Waals surface area (Å²) in [6, 6.07) is 8.42. The second-order valence-corrected chi connectivity index (χ2v) is 6.69. The molecule has 2 heterocycles. The largest absolute Gasteiger partial charge is 0.378 e. The highest BCUT2D eigenvalue weighted by Gasteiger charge is 2.12. The molecule has 128 valence electrons. The predicted octanol–water partition coefficient (Wildman–Crippen LogP) is 3.78. The minimum Gasteiger partial charge on any atom is -0.378 e. The fourth-order valence-electron chi connectivity index (χ4n) is 2.65. The van der Waals surface area contributed by atoms with E-state index in [2.05, 4.69) is 46.4 Å². The molecule has 0 aliphatic carbocycles. The van der Waals surface area contributed by atoms with Gasteiger partial charge in [0, 0.05) is 36.1 Å². The first kappa shape index (κ1) is 16.9. The molecule has 1 aliphatic rings. The minimum atomic E-state index is 0.0421. The lowest BCUT2D eigenvalue weighted by atomic mass is 10.1. The topological polar surface area (TPSA) is 54.5 Å². The average Bonchev–Trinajstić information content (AvgIpc) is 3.09. The number of nitrogens with one attached hydrogen (secondary N) is 1. The Labute approximate surface area is 146 Å². The lowest BCUT2D eigenvalue weighted by molar-refractivity contribution is -0.116. The summed E-state index contributed by atoms with van der Waals surface area (Å²) in [7, 11) is 0. The van der Waals surface area contributed by atoms with Crippen molar-refractivity contribution < 1.29 is 9.53 Å². The summed E-state index contributed by atoms with van der Waals surface area (Å²) in [5.41, 5.74) is 3.18. The van der Waals surface area contributed by atoms with Gasteiger partial charge in [0.05, 0.1) is 18.9 Å². The Kier molecular flexibility index (Phi) is 5.82. The van der Waals surface area contributed by atoms with Crippen LogP contribution in [0.25, 0.3) is 11.3 Å². The number of thiazole rings is 1. The van der Waals surface area contributed by atoms with Crippen molar-refractivity contribution in [3.8, 4) is 11.3 Å². The standard InChI is InChI=1S/C18H23N3O2S/c1-2-3-4-17(22)20-18-19-16(13-24-18)14-5-7-15(8-6-14)21-9-11-23-12-10-21/h5-8,13H,2-4,9-12H2,1H3,(H,19,20,22). The fourth-order valence-corrected chi connectivity index (χ4v) is 3.38. The number of hydrogen-bond donors (Lipinski definition) is 1. The Morgan fingerprint density at radius 1 is 1.29 bits per heavy atom. The van der Waals surface area contributed by atoms with E-state index >= 15 is 0 Å². The van der Waals surface area contributed by atoms with Gasteiger partial charge in [-0.05, 0) is 18.6 Å². The summed E-state index contributed by atoms with van der Waals surface area (Å²) < 4.78 is 5.39. The van der Waals surface area contributed by atoms with Gasteiger partial charge in [0.1, 0.15) is 0 Å². The molecule has 1 amide bonds. The van der Waals surface area contributed by atoms with Gasteiger partial charge >= 0.3 is 0 Å². The average molecular weight is 345 g/mol. The van der Waals surface area contributed by atoms with Gasteiger partial charge in [-0.2, -0.15) is 0 Å². The highest BCUT2D eigenvalue weighted by atomic mass is 32.1. The first-order valence-corrected chi connectivity index (χ1v) is 9.32. The van der Waals surface area contributed by atoms with Gasteiger partial charge in [0.2, 0.25) is 5.91 Å². The molecule has 3 rings (SSSR count). The molecule has 0 saturated carbocycles. The number of anilines is 2. The quantitative estimate of drug-likeness (QED) is 0.866. The van der Waals surface area contributed by atoms with E-state index in [0.717, 1.165) is 50.4 Å². The number of carbonyl (C=O) groups is 1. The van der Waals surface area contributed by atoms with Crippen LogP contribution < -0.4 is 10.2 Å². The Bertz CT molecular complexity index is 663. The lowest BCUT2D eigenvalue weighted by Gasteiger charge is -2.28. The van der Waals surface area contributed by atoms with Gasteiger partial charge in [0.15, 0.2) is 5.13 Å². The zero-order chi connectivity index (χ0) is 16.8. The fraction of sp³-hybridized carbons (Fsp3) is 0.444. The Morgan fingerprint density at radius 2 is 2.04 bits per heavy atom. The number of rotatable bonds is 6. The summed E-state index contributed by atoms with van der Waals surface area (Å²) in [6.07, 6.45) is 2.48. The van der Waals surface area contributed by atoms with E-state index in [9.17, 15) is 4.79 Å². The molecule has 24 heavy (non-hydrogen) atoms. The molecule has 1 aromatic heterocycles. The third-order valence-corrected chi connectivity index (χ3v) is 4.80. The zero-order valence-electron chi connectivity index (χ0n) is 14.0. The summed E-state index contributed by atoms with van der Waals surface area (Å²) >= 11 is 1.47. The molecule has 0 spiro atoms. The van der Waals surface area contributed by atoms with Gasteiger partial charge in [-0.1, -0.05) is 25.5 Å². The molecule has 1 aliphatic heterocycles. The number of benzene rings is 1. The molecule has 0 radical (unpaired) electrons. The van der Waals surface area contributed by atoms with E-state index in [-0.39, 0.29) is 5.91 Å². The number of ether oxygens (including phenoxy) is 1. The van der Waals surface area contributed by atoms with E-state index in [1.165, 1.54) is 17.0 Å². The molecule has 0 atom stereocenters. The van der Waals surface area contributed by atoms with Crippen molar-refractivity contribution in [2.24, 2.45) is 0 Å². The number of unbranched alkanes of at least 4 members (excludes halogenated alkanes) is 1. The maximum Gasteiger partial charge on any atom is 0.226 e. The van der Waals surface area contributed by atoms with Crippen molar-refractivity contribution in [3.05, 3.63) is 29.6 Å². The molecule has 1 saturated heterocycles. The van der Waals surface area contributed by atoms with E-state index in [1.807, 2.05) is 5.38 Å². The normalized spacial score (nSPS) is 14.6. The Balaban J connectivity index is 1.63. The van der Waals surface area contributed by atoms with Crippen molar-refractivity contribution in [2.45, 2.75) is 26.2 Å². The molecular formula is C18H23N3O2S. The summed E-state index contributed by atoms with van der Waals surface area (Å²) in [4.78, 5) is 18.6. The van der Waals surface area contributed by atoms with E-state index < -0.39 is 0 Å². The monoisotopic (exact) mass is 345 g/mol. The summed E-state index contributed by atoms with van der Waals surface area (Å²) in [5, 5.41) is 5.53. The third kappa shape index (κ3) is 4.33. The zero-order valence-corrected chi connectivity index (χ0v) is 14.8. The highest BCUT2D eigenvalue weighted by Crippen LogP contribution is 2.27. The Morgan fingerprint density at radius 3 is 2.75 bits per heavy atom. The lowest BCUT2D eigenvalue weighted by Crippen LogP contribution is -2.36. The van der Waals surface area contributed by atoms with Gasteiger partial charge in [-0.15, -0.1) is 11.3 Å². The van der Waals surface area contributed by atoms with E-state index in [0.29, 0.717) is 11.6 Å². The summed E-state index contributed by atoms with van der Waals surface area (Å²) in [5.74, 6) is 0.0421. The molecule has 5 nitrogen and oxygen atoms in total. The first-order chi connectivity index (χ1) is 11.8. The predicted molar refractivity (Wildman–Crippen MR) is 98.7 cm³/mol. The number of carbonyl (C=O) groups excluding carboxylic acids is 1. The van der Waals surface area contributed by atoms with Gasteiger partial charge in [-0.3, -0.25) is 4.79 Å². The molecular weight excluding hydrogens is 322 g/mol. The van der Waals surface area contributed by atoms with Crippen LogP contribution in [0.4, 0.5) is 10.8 Å². The van der Waals surface area contributed by atoms with Gasteiger partial charge in [-0.25, -0.2) is 4.98 Å². The van der Waals surface area contributed by atoms with Crippen LogP contribution in [-0.4, -0.2) is 37.2 Å². The maximum atomic E-state index is 11.8. The van der Waals surface area contributed by atoms with Crippen LogP contribution in [0.15, 0.2) is 29.6 Å². The maximum absolute atomic E-state index is 11.8. The van der Waals surface area contributed by atoms with Crippen LogP contribution in [0.5, 0.6) is 0 Å². The van der Waals surface area contributed by atoms with Crippen LogP contribution in [0.3, 0.4) is 0 Å². The van der Waals surface area contributed by atoms with Crippen LogP contribution in [0, 0.1) is 0 Å². The second kappa shape index (κ2) is 8.26. The number of morpholine rings is 1. The summed E-state index contributed by atoms with van der Waals surface area (Å²) in [6.45, 7) is 5.52. The second-order valence-electron chi connectivity index (χ2n) is 5.84. The van der Waals surface area contributed by atoms with Crippen molar-refractivity contribution in [3.63, 3.8) is 0 Å². The molecule has 0 unspecified atom stereocenters. The molecule has 1 N–H and O–H groups in total. The Hall–Kier alpha value is -1.92. The highest BCUT2D eigenvalue weighted by molar-refractivity contribution is 7.14. The van der Waals surface area contributed by atoms with Crippen molar-refractivity contribution in [1.29, 1.82) is 0 Å². The van der Waals surface area contributed by atoms with Crippen LogP contribution in [0.2, 0.25) is 0 Å². The van der Waals surface area contributed by atoms with E-state index in [1.54, 1.807) is 0 Å². The molecule has 1 fully saturated rings. The molecule has 6 heteroatoms. The van der Waals surface area contributed by atoms with Crippen LogP contribution in [0.1, 0.15) is 26.2 Å². The van der Waals surface area contributed by atoms with Gasteiger partial charge < -0.3 is 15.0 Å². The van der Waals surface area contributed by atoms with Gasteiger partial charge in [0.25, 0.3) is 0 Å². The number of hydrogen-bond acceptors (Lipinski definition) is 5. The van der Waals surface area contributed by atoms with Crippen LogP contribution in [-0.2, 0) is 9.53 Å². The molecule has 2 aromatic rings. The van der Waals surface area contributed by atoms with Crippen molar-refractivity contribution in [2.75, 3.05) is 36.5 Å². The van der Waals surface area contributed by atoms with Crippen molar-refractivity contribution >= 4 is 28.1 Å². The third-order valence-electron chi connectivity index (χ3n) is 4.05. The number of amides is 1.